The smallest absolute Gasteiger partial charge is 0.160 e. The summed E-state index contributed by atoms with van der Waals surface area (Å²) in [6.07, 6.45) is 0. The quantitative estimate of drug-likeness (QED) is 0.166. The molecule has 0 aliphatic carbocycles. The van der Waals surface area contributed by atoms with E-state index >= 15 is 0 Å². The Labute approximate surface area is 500 Å². The molecule has 0 bridgehead atoms. The lowest BCUT2D eigenvalue weighted by Gasteiger charge is -2.15. The fraction of sp³-hybridized carbons (Fsp3) is 0. The van der Waals surface area contributed by atoms with Gasteiger partial charge in [0, 0.05) is 116 Å². The number of nitrogens with zero attached hydrogens (tertiary/aromatic N) is 5. The maximum atomic E-state index is 6.54. The molecule has 0 saturated heterocycles. The van der Waals surface area contributed by atoms with E-state index < -0.39 is 0 Å². The number of aromatic nitrogens is 5. The van der Waals surface area contributed by atoms with Gasteiger partial charge in [0.15, 0.2) is 5.82 Å². The van der Waals surface area contributed by atoms with Crippen LogP contribution in [0.4, 0.5) is 0 Å². The van der Waals surface area contributed by atoms with Crippen LogP contribution in [0.2, 0.25) is 0 Å². The standard InChI is InChI=1S/C80H45N5O3/c1-7-25-67-53(19-1)59-40-62-56-22-4-10-28-73(56)86-76(62)43-70(59)83(67)50-34-31-46(32-35-50)47-33-36-66-65(39-47)79(48-15-13-17-51(37-48)84-68-26-8-2-20-54(68)60-41-63-57-23-5-11-29-74(57)87-77(63)44-71(60)84)82-80(81-66)49-16-14-18-52(38-49)85-69-27-9-3-21-55(69)61-42-64-58-24-6-12-30-75(58)88-78(64)45-72(61)85/h1-45H. The summed E-state index contributed by atoms with van der Waals surface area (Å²) in [4.78, 5) is 11.1. The van der Waals surface area contributed by atoms with Gasteiger partial charge >= 0.3 is 0 Å². The minimum absolute atomic E-state index is 0.627. The molecule has 7 heterocycles. The Morgan fingerprint density at radius 3 is 1.11 bits per heavy atom. The summed E-state index contributed by atoms with van der Waals surface area (Å²) in [5, 5.41) is 14.7. The molecule has 408 valence electrons. The van der Waals surface area contributed by atoms with Crippen LogP contribution in [0.5, 0.6) is 0 Å². The van der Waals surface area contributed by atoms with Crippen LogP contribution in [0.15, 0.2) is 286 Å². The number of benzene rings is 13. The Kier molecular flexibility index (Phi) is 9.57. The van der Waals surface area contributed by atoms with Gasteiger partial charge in [-0.3, -0.25) is 0 Å². The van der Waals surface area contributed by atoms with Gasteiger partial charge in [-0.25, -0.2) is 9.97 Å². The van der Waals surface area contributed by atoms with Gasteiger partial charge in [-0.05, 0) is 114 Å². The zero-order chi connectivity index (χ0) is 57.3. The summed E-state index contributed by atoms with van der Waals surface area (Å²) < 4.78 is 26.6. The third-order valence-corrected chi connectivity index (χ3v) is 18.4. The van der Waals surface area contributed by atoms with Crippen LogP contribution in [0.1, 0.15) is 0 Å². The summed E-state index contributed by atoms with van der Waals surface area (Å²) in [5.74, 6) is 0.627. The van der Waals surface area contributed by atoms with Crippen LogP contribution in [0, 0.1) is 0 Å². The van der Waals surface area contributed by atoms with Crippen LogP contribution < -0.4 is 0 Å². The molecular weight excluding hydrogens is 1080 g/mol. The Balaban J connectivity index is 0.761. The van der Waals surface area contributed by atoms with Gasteiger partial charge < -0.3 is 27.0 Å². The number of rotatable bonds is 6. The van der Waals surface area contributed by atoms with E-state index in [9.17, 15) is 0 Å². The molecule has 0 aliphatic rings. The largest absolute Gasteiger partial charge is 0.456 e. The van der Waals surface area contributed by atoms with Crippen molar-refractivity contribution in [3.63, 3.8) is 0 Å². The molecule has 8 heteroatoms. The molecule has 8 nitrogen and oxygen atoms in total. The van der Waals surface area contributed by atoms with Crippen molar-refractivity contribution in [2.45, 2.75) is 0 Å². The zero-order valence-electron chi connectivity index (χ0n) is 46.9. The molecular formula is C80H45N5O3. The lowest BCUT2D eigenvalue weighted by atomic mass is 9.99. The van der Waals surface area contributed by atoms with Crippen LogP contribution in [-0.2, 0) is 0 Å². The molecule has 0 saturated carbocycles. The van der Waals surface area contributed by atoms with Gasteiger partial charge in [-0.2, -0.15) is 0 Å². The highest BCUT2D eigenvalue weighted by molar-refractivity contribution is 6.20. The second kappa shape index (κ2) is 17.8. The van der Waals surface area contributed by atoms with E-state index in [2.05, 4.69) is 250 Å². The van der Waals surface area contributed by atoms with E-state index in [1.54, 1.807) is 0 Å². The first-order valence-electron chi connectivity index (χ1n) is 29.8. The third kappa shape index (κ3) is 6.79. The molecule has 0 N–H and O–H groups in total. The zero-order valence-corrected chi connectivity index (χ0v) is 46.9. The number of furan rings is 3. The van der Waals surface area contributed by atoms with Gasteiger partial charge in [0.1, 0.15) is 33.5 Å². The number of hydrogen-bond donors (Lipinski definition) is 0. The van der Waals surface area contributed by atoms with Crippen LogP contribution >= 0.6 is 0 Å². The fourth-order valence-electron chi connectivity index (χ4n) is 14.4. The summed E-state index contributed by atoms with van der Waals surface area (Å²) in [6.45, 7) is 0. The maximum absolute atomic E-state index is 6.54. The fourth-order valence-corrected chi connectivity index (χ4v) is 14.4. The van der Waals surface area contributed by atoms with Gasteiger partial charge in [0.05, 0.1) is 44.3 Å². The average molecular weight is 1120 g/mol. The molecule has 0 atom stereocenters. The molecule has 13 aromatic carbocycles. The summed E-state index contributed by atoms with van der Waals surface area (Å²) in [7, 11) is 0. The van der Waals surface area contributed by atoms with Crippen molar-refractivity contribution in [3.8, 4) is 50.8 Å². The topological polar surface area (TPSA) is 80.0 Å². The van der Waals surface area contributed by atoms with Crippen molar-refractivity contribution in [2.24, 2.45) is 0 Å². The SMILES string of the molecule is c1cc(-c2nc(-c3cccc(-n4c5ccccc5c5cc6c(cc54)oc4ccccc46)c3)c3cc(-c4ccc(-n5c6ccccc6c6cc7c(cc65)oc5ccccc57)cc4)ccc3n2)cc(-n2c3ccccc3c3cc4c(cc32)oc2ccccc24)c1. The highest BCUT2D eigenvalue weighted by Gasteiger charge is 2.22. The van der Waals surface area contributed by atoms with Crippen LogP contribution in [0.3, 0.4) is 0 Å². The molecule has 0 radical (unpaired) electrons. The Morgan fingerprint density at radius 1 is 0.216 bits per heavy atom. The summed E-state index contributed by atoms with van der Waals surface area (Å²) in [5.41, 5.74) is 20.5. The normalized spacial score (nSPS) is 12.3. The lowest BCUT2D eigenvalue weighted by Crippen LogP contribution is -1.99. The summed E-state index contributed by atoms with van der Waals surface area (Å²) in [6, 6.07) is 97.3. The number of para-hydroxylation sites is 6. The Morgan fingerprint density at radius 2 is 0.625 bits per heavy atom. The first-order valence-corrected chi connectivity index (χ1v) is 29.8. The molecule has 0 spiro atoms. The minimum Gasteiger partial charge on any atom is -0.456 e. The molecule has 20 aromatic rings. The van der Waals surface area contributed by atoms with E-state index in [0.29, 0.717) is 5.82 Å². The van der Waals surface area contributed by atoms with Crippen molar-refractivity contribution >= 4 is 142 Å². The monoisotopic (exact) mass is 1120 g/mol. The highest BCUT2D eigenvalue weighted by Crippen LogP contribution is 2.44. The summed E-state index contributed by atoms with van der Waals surface area (Å²) >= 11 is 0. The van der Waals surface area contributed by atoms with Crippen LogP contribution in [0.25, 0.3) is 193 Å². The lowest BCUT2D eigenvalue weighted by molar-refractivity contribution is 0.669. The van der Waals surface area contributed by atoms with E-state index in [0.717, 1.165) is 166 Å². The van der Waals surface area contributed by atoms with Crippen molar-refractivity contribution in [2.75, 3.05) is 0 Å². The highest BCUT2D eigenvalue weighted by atomic mass is 16.3. The molecule has 0 unspecified atom stereocenters. The van der Waals surface area contributed by atoms with Gasteiger partial charge in [-0.1, -0.05) is 152 Å². The molecule has 88 heavy (non-hydrogen) atoms. The minimum atomic E-state index is 0.627. The first kappa shape index (κ1) is 47.4. The average Bonchev–Trinajstić information content (AvgIpc) is 2.01. The van der Waals surface area contributed by atoms with Crippen molar-refractivity contribution < 1.29 is 13.3 Å². The van der Waals surface area contributed by atoms with Crippen molar-refractivity contribution in [3.05, 3.63) is 273 Å². The molecule has 20 rings (SSSR count). The van der Waals surface area contributed by atoms with Crippen molar-refractivity contribution in [1.82, 2.24) is 23.7 Å². The van der Waals surface area contributed by atoms with E-state index in [4.69, 9.17) is 23.2 Å². The Hall–Kier alpha value is -12.0. The predicted octanol–water partition coefficient (Wildman–Crippen LogP) is 21.6. The molecule has 7 aromatic heterocycles. The molecule has 0 amide bonds. The van der Waals surface area contributed by atoms with E-state index in [1.165, 1.54) is 21.5 Å². The van der Waals surface area contributed by atoms with Crippen LogP contribution in [-0.4, -0.2) is 23.7 Å². The van der Waals surface area contributed by atoms with Gasteiger partial charge in [-0.15, -0.1) is 0 Å². The van der Waals surface area contributed by atoms with Gasteiger partial charge in [0.25, 0.3) is 0 Å². The van der Waals surface area contributed by atoms with E-state index in [-0.39, 0.29) is 0 Å². The maximum Gasteiger partial charge on any atom is 0.160 e. The van der Waals surface area contributed by atoms with Crippen molar-refractivity contribution in [1.29, 1.82) is 0 Å². The number of hydrogen-bond acceptors (Lipinski definition) is 5. The van der Waals surface area contributed by atoms with Gasteiger partial charge in [0.2, 0.25) is 0 Å². The number of fused-ring (bicyclic) bond motifs is 19. The predicted molar refractivity (Wildman–Crippen MR) is 361 cm³/mol. The molecule has 0 aliphatic heterocycles. The van der Waals surface area contributed by atoms with E-state index in [1.807, 2.05) is 36.4 Å². The third-order valence-electron chi connectivity index (χ3n) is 18.4. The first-order chi connectivity index (χ1) is 43.6. The Bertz CT molecular complexity index is 6380. The molecule has 0 fully saturated rings. The second-order valence-electron chi connectivity index (χ2n) is 23.2. The second-order valence-corrected chi connectivity index (χ2v) is 23.2.